The van der Waals surface area contributed by atoms with Crippen LogP contribution in [0.1, 0.15) is 27.9 Å². The minimum absolute atomic E-state index is 0.0424. The third kappa shape index (κ3) is 4.19. The Hall–Kier alpha value is -3.72. The third-order valence-electron chi connectivity index (χ3n) is 5.49. The van der Waals surface area contributed by atoms with Crippen LogP contribution in [0.5, 0.6) is 11.5 Å². The van der Waals surface area contributed by atoms with Gasteiger partial charge in [0.25, 0.3) is 5.91 Å². The summed E-state index contributed by atoms with van der Waals surface area (Å²) >= 11 is 0. The fourth-order valence-electron chi connectivity index (χ4n) is 3.78. The predicted octanol–water partition coefficient (Wildman–Crippen LogP) is 2.85. The van der Waals surface area contributed by atoms with E-state index in [0.717, 1.165) is 0 Å². The number of ether oxygens (including phenoxy) is 1. The second kappa shape index (κ2) is 8.80. The fraction of sp³-hybridized carbons (Fsp3) is 0.261. The second-order valence-electron chi connectivity index (χ2n) is 7.75. The molecule has 2 amide bonds. The molecule has 1 aliphatic rings. The number of aromatic hydroxyl groups is 1. The summed E-state index contributed by atoms with van der Waals surface area (Å²) in [6.45, 7) is 2.59. The van der Waals surface area contributed by atoms with Gasteiger partial charge in [-0.25, -0.2) is 9.18 Å². The van der Waals surface area contributed by atoms with Crippen LogP contribution in [0, 0.1) is 12.7 Å². The van der Waals surface area contributed by atoms with Crippen molar-refractivity contribution in [2.45, 2.75) is 25.9 Å². The number of rotatable bonds is 4. The Balaban J connectivity index is 1.67. The molecule has 0 aliphatic carbocycles. The quantitative estimate of drug-likeness (QED) is 0.577. The molecule has 0 bridgehead atoms. The van der Waals surface area contributed by atoms with Gasteiger partial charge in [-0.2, -0.15) is 0 Å². The number of nitrogens with two attached hydrogens (primary N) is 1. The lowest BCUT2D eigenvalue weighted by atomic mass is 10.0. The number of phenolic OH excluding ortho intramolecular Hbond substituents is 1. The minimum Gasteiger partial charge on any atom is -0.505 e. The van der Waals surface area contributed by atoms with E-state index in [-0.39, 0.29) is 41.0 Å². The molecular weight excluding hydrogens is 415 g/mol. The average molecular weight is 438 g/mol. The number of hydrogen-bond acceptors (Lipinski definition) is 6. The van der Waals surface area contributed by atoms with E-state index >= 15 is 0 Å². The highest BCUT2D eigenvalue weighted by atomic mass is 19.1. The topological polar surface area (TPSA) is 118 Å². The van der Waals surface area contributed by atoms with E-state index in [4.69, 9.17) is 10.5 Å². The highest BCUT2D eigenvalue weighted by Crippen LogP contribution is 2.39. The van der Waals surface area contributed by atoms with Gasteiger partial charge in [0.15, 0.2) is 5.75 Å². The molecule has 166 valence electrons. The summed E-state index contributed by atoms with van der Waals surface area (Å²) in [7, 11) is 0. The van der Waals surface area contributed by atoms with Gasteiger partial charge in [0.2, 0.25) is 0 Å². The number of pyridine rings is 1. The Kier molecular flexibility index (Phi) is 5.91. The van der Waals surface area contributed by atoms with E-state index in [9.17, 15) is 19.1 Å². The molecule has 4 N–H and O–H groups in total. The molecule has 32 heavy (non-hydrogen) atoms. The largest absolute Gasteiger partial charge is 0.505 e. The Bertz CT molecular complexity index is 1180. The smallest absolute Gasteiger partial charge is 0.415 e. The van der Waals surface area contributed by atoms with Crippen molar-refractivity contribution in [2.75, 3.05) is 13.1 Å². The van der Waals surface area contributed by atoms with Crippen LogP contribution in [0.25, 0.3) is 10.9 Å². The number of amides is 2. The molecule has 3 aromatic rings. The van der Waals surface area contributed by atoms with E-state index in [2.05, 4.69) is 10.3 Å². The normalized spacial score (nSPS) is 15.7. The van der Waals surface area contributed by atoms with Gasteiger partial charge in [-0.3, -0.25) is 9.78 Å². The first-order valence-corrected chi connectivity index (χ1v) is 10.2. The maximum absolute atomic E-state index is 13.1. The molecule has 9 heteroatoms. The molecule has 1 fully saturated rings. The van der Waals surface area contributed by atoms with Crippen LogP contribution in [0.15, 0.2) is 42.6 Å². The first kappa shape index (κ1) is 21.5. The molecule has 0 spiro atoms. The number of fused-ring (bicyclic) bond motifs is 1. The number of nitrogens with zero attached hydrogens (tertiary/aromatic N) is 2. The van der Waals surface area contributed by atoms with Crippen molar-refractivity contribution in [1.82, 2.24) is 15.2 Å². The molecule has 1 saturated heterocycles. The third-order valence-corrected chi connectivity index (χ3v) is 5.49. The average Bonchev–Trinajstić information content (AvgIpc) is 3.22. The highest BCUT2D eigenvalue weighted by Gasteiger charge is 2.29. The predicted molar refractivity (Wildman–Crippen MR) is 116 cm³/mol. The number of hydrogen-bond donors (Lipinski definition) is 3. The van der Waals surface area contributed by atoms with Gasteiger partial charge in [-0.15, -0.1) is 0 Å². The Morgan fingerprint density at radius 2 is 2.06 bits per heavy atom. The van der Waals surface area contributed by atoms with Crippen molar-refractivity contribution in [2.24, 2.45) is 5.73 Å². The molecule has 1 unspecified atom stereocenters. The standard InChI is InChI=1S/C23H23FN4O4/c1-13-18(22(30)27-11-14-4-6-15(24)7-5-14)20(29)19-17(3-2-9-26-19)21(13)32-23(31)28-10-8-16(25)12-28/h2-7,9,16,29H,8,10-12,25H2,1H3,(H,27,30). The molecule has 1 atom stereocenters. The number of phenols is 1. The van der Waals surface area contributed by atoms with Gasteiger partial charge in [0.05, 0.1) is 5.56 Å². The Labute approximate surface area is 183 Å². The van der Waals surface area contributed by atoms with Gasteiger partial charge in [0, 0.05) is 42.8 Å². The van der Waals surface area contributed by atoms with Gasteiger partial charge in [0.1, 0.15) is 17.1 Å². The summed E-state index contributed by atoms with van der Waals surface area (Å²) < 4.78 is 18.8. The molecule has 1 aromatic heterocycles. The van der Waals surface area contributed by atoms with Crippen molar-refractivity contribution in [3.05, 3.63) is 65.1 Å². The number of benzene rings is 2. The number of aromatic nitrogens is 1. The zero-order valence-corrected chi connectivity index (χ0v) is 17.5. The molecule has 4 rings (SSSR count). The first-order chi connectivity index (χ1) is 15.3. The zero-order valence-electron chi connectivity index (χ0n) is 17.5. The minimum atomic E-state index is -0.574. The Morgan fingerprint density at radius 1 is 1.31 bits per heavy atom. The number of carbonyl (C=O) groups is 2. The molecule has 2 heterocycles. The molecule has 2 aromatic carbocycles. The van der Waals surface area contributed by atoms with Crippen molar-refractivity contribution >= 4 is 22.9 Å². The second-order valence-corrected chi connectivity index (χ2v) is 7.75. The summed E-state index contributed by atoms with van der Waals surface area (Å²) in [4.78, 5) is 31.3. The van der Waals surface area contributed by atoms with Crippen LogP contribution in [0.3, 0.4) is 0 Å². The van der Waals surface area contributed by atoms with Crippen LogP contribution < -0.4 is 15.8 Å². The van der Waals surface area contributed by atoms with Crippen LogP contribution in [-0.2, 0) is 6.54 Å². The van der Waals surface area contributed by atoms with Crippen molar-refractivity contribution < 1.29 is 23.8 Å². The number of carbonyl (C=O) groups excluding carboxylic acids is 2. The summed E-state index contributed by atoms with van der Waals surface area (Å²) in [5.41, 5.74) is 6.98. The molecule has 8 nitrogen and oxygen atoms in total. The summed E-state index contributed by atoms with van der Waals surface area (Å²) in [6.07, 6.45) is 1.58. The maximum atomic E-state index is 13.1. The van der Waals surface area contributed by atoms with Gasteiger partial charge < -0.3 is 25.8 Å². The van der Waals surface area contributed by atoms with Crippen molar-refractivity contribution in [3.63, 3.8) is 0 Å². The zero-order chi connectivity index (χ0) is 22.8. The number of halogens is 1. The van der Waals surface area contributed by atoms with Crippen molar-refractivity contribution in [1.29, 1.82) is 0 Å². The lowest BCUT2D eigenvalue weighted by Gasteiger charge is -2.20. The van der Waals surface area contributed by atoms with E-state index in [0.29, 0.717) is 36.0 Å². The van der Waals surface area contributed by atoms with Crippen molar-refractivity contribution in [3.8, 4) is 11.5 Å². The number of likely N-dealkylation sites (tertiary alicyclic amines) is 1. The fourth-order valence-corrected chi connectivity index (χ4v) is 3.78. The van der Waals surface area contributed by atoms with E-state index in [1.54, 1.807) is 31.2 Å². The molecular formula is C23H23FN4O4. The summed E-state index contributed by atoms with van der Waals surface area (Å²) in [5, 5.41) is 13.9. The molecule has 0 saturated carbocycles. The summed E-state index contributed by atoms with van der Waals surface area (Å²) in [5.74, 6) is -1.10. The van der Waals surface area contributed by atoms with E-state index in [1.165, 1.54) is 23.2 Å². The van der Waals surface area contributed by atoms with E-state index < -0.39 is 12.0 Å². The maximum Gasteiger partial charge on any atom is 0.415 e. The van der Waals surface area contributed by atoms with Crippen LogP contribution in [0.2, 0.25) is 0 Å². The first-order valence-electron chi connectivity index (χ1n) is 10.2. The number of nitrogens with one attached hydrogen (secondary N) is 1. The lowest BCUT2D eigenvalue weighted by molar-refractivity contribution is 0.0947. The van der Waals surface area contributed by atoms with E-state index in [1.807, 2.05) is 0 Å². The van der Waals surface area contributed by atoms with Crippen LogP contribution in [-0.4, -0.2) is 46.1 Å². The van der Waals surface area contributed by atoms with Gasteiger partial charge >= 0.3 is 6.09 Å². The molecule has 0 radical (unpaired) electrons. The summed E-state index contributed by atoms with van der Waals surface area (Å²) in [6, 6.07) is 8.91. The van der Waals surface area contributed by atoms with Gasteiger partial charge in [-0.05, 0) is 43.2 Å². The van der Waals surface area contributed by atoms with Crippen LogP contribution in [0.4, 0.5) is 9.18 Å². The SMILES string of the molecule is Cc1c(C(=O)NCc2ccc(F)cc2)c(O)c2ncccc2c1OC(=O)N1CCC(N)C1. The van der Waals surface area contributed by atoms with Gasteiger partial charge in [-0.1, -0.05) is 12.1 Å². The van der Waals surface area contributed by atoms with Crippen LogP contribution >= 0.6 is 0 Å². The lowest BCUT2D eigenvalue weighted by Crippen LogP contribution is -2.34. The monoisotopic (exact) mass is 438 g/mol. The Morgan fingerprint density at radius 3 is 2.75 bits per heavy atom. The highest BCUT2D eigenvalue weighted by molar-refractivity contribution is 6.06. The molecule has 1 aliphatic heterocycles.